The third-order valence-electron chi connectivity index (χ3n) is 3.17. The van der Waals surface area contributed by atoms with Gasteiger partial charge in [-0.25, -0.2) is 4.98 Å². The number of carbonyl (C=O) groups excluding carboxylic acids is 1. The van der Waals surface area contributed by atoms with Crippen molar-refractivity contribution in [3.05, 3.63) is 47.1 Å². The third-order valence-corrected chi connectivity index (χ3v) is 3.36. The summed E-state index contributed by atoms with van der Waals surface area (Å²) in [6, 6.07) is 11.0. The Morgan fingerprint density at radius 3 is 2.52 bits per heavy atom. The van der Waals surface area contributed by atoms with E-state index in [1.54, 1.807) is 0 Å². The maximum Gasteiger partial charge on any atom is 0.236 e. The Bertz CT molecular complexity index is 645. The van der Waals surface area contributed by atoms with Gasteiger partial charge in [-0.2, -0.15) is 4.98 Å². The van der Waals surface area contributed by atoms with Crippen molar-refractivity contribution in [2.45, 2.75) is 19.3 Å². The van der Waals surface area contributed by atoms with Crippen molar-refractivity contribution < 1.29 is 9.53 Å². The number of carbonyl (C=O) groups is 1. The number of methoxy groups -OCH3 is 1. The predicted octanol–water partition coefficient (Wildman–Crippen LogP) is 3.05. The molecule has 5 nitrogen and oxygen atoms in total. The summed E-state index contributed by atoms with van der Waals surface area (Å²) >= 11 is 5.86. The van der Waals surface area contributed by atoms with Crippen LogP contribution >= 0.6 is 11.6 Å². The van der Waals surface area contributed by atoms with Crippen LogP contribution in [0.15, 0.2) is 36.4 Å². The number of nitrogens with one attached hydrogen (secondary N) is 1. The summed E-state index contributed by atoms with van der Waals surface area (Å²) in [7, 11) is 1.47. The largest absolute Gasteiger partial charge is 0.481 e. The topological polar surface area (TPSA) is 64.1 Å². The maximum absolute atomic E-state index is 12.5. The van der Waals surface area contributed by atoms with Gasteiger partial charge in [0.2, 0.25) is 17.7 Å². The normalized spacial score (nSPS) is 11.0. The number of benzene rings is 1. The van der Waals surface area contributed by atoms with Crippen molar-refractivity contribution in [3.63, 3.8) is 0 Å². The van der Waals surface area contributed by atoms with Crippen LogP contribution in [0.5, 0.6) is 5.88 Å². The Kier molecular flexibility index (Phi) is 4.43. The number of hydrogen-bond donors (Lipinski definition) is 1. The van der Waals surface area contributed by atoms with E-state index in [1.165, 1.54) is 13.2 Å². The number of rotatable bonds is 4. The molecule has 110 valence electrons. The molecule has 0 aliphatic carbocycles. The van der Waals surface area contributed by atoms with Crippen LogP contribution in [0.25, 0.3) is 0 Å². The number of halogens is 1. The van der Waals surface area contributed by atoms with Gasteiger partial charge in [-0.3, -0.25) is 10.1 Å². The van der Waals surface area contributed by atoms with Crippen molar-refractivity contribution in [1.29, 1.82) is 0 Å². The molecule has 0 saturated carbocycles. The van der Waals surface area contributed by atoms with Gasteiger partial charge in [0.1, 0.15) is 5.15 Å². The summed E-state index contributed by atoms with van der Waals surface area (Å²) in [5, 5.41) is 2.87. The van der Waals surface area contributed by atoms with Gasteiger partial charge < -0.3 is 4.74 Å². The van der Waals surface area contributed by atoms with E-state index in [4.69, 9.17) is 16.3 Å². The Hall–Kier alpha value is -2.14. The van der Waals surface area contributed by atoms with Crippen molar-refractivity contribution in [1.82, 2.24) is 9.97 Å². The standard InChI is InChI=1S/C15H16ClN3O2/c1-15(2,10-7-5-4-6-8-10)13(20)19-14-17-11(16)9-12(18-14)21-3/h4-9H,1-3H3,(H,17,18,19,20). The zero-order chi connectivity index (χ0) is 15.5. The summed E-state index contributed by atoms with van der Waals surface area (Å²) < 4.78 is 5.00. The fourth-order valence-corrected chi connectivity index (χ4v) is 1.97. The molecule has 1 heterocycles. The highest BCUT2D eigenvalue weighted by atomic mass is 35.5. The van der Waals surface area contributed by atoms with Gasteiger partial charge in [-0.1, -0.05) is 41.9 Å². The van der Waals surface area contributed by atoms with Crippen LogP contribution in [0.3, 0.4) is 0 Å². The van der Waals surface area contributed by atoms with Crippen LogP contribution in [0.4, 0.5) is 5.95 Å². The smallest absolute Gasteiger partial charge is 0.236 e. The Morgan fingerprint density at radius 1 is 1.24 bits per heavy atom. The Balaban J connectivity index is 2.23. The number of nitrogens with zero attached hydrogens (tertiary/aromatic N) is 2. The lowest BCUT2D eigenvalue weighted by atomic mass is 9.84. The molecule has 0 unspecified atom stereocenters. The van der Waals surface area contributed by atoms with Gasteiger partial charge >= 0.3 is 0 Å². The third kappa shape index (κ3) is 3.49. The van der Waals surface area contributed by atoms with E-state index in [1.807, 2.05) is 44.2 Å². The van der Waals surface area contributed by atoms with E-state index in [-0.39, 0.29) is 17.0 Å². The minimum absolute atomic E-state index is 0.119. The first kappa shape index (κ1) is 15.3. The molecule has 0 radical (unpaired) electrons. The fourth-order valence-electron chi connectivity index (χ4n) is 1.80. The van der Waals surface area contributed by atoms with Gasteiger partial charge in [0.05, 0.1) is 12.5 Å². The maximum atomic E-state index is 12.5. The van der Waals surface area contributed by atoms with Crippen molar-refractivity contribution >= 4 is 23.5 Å². The molecular weight excluding hydrogens is 290 g/mol. The summed E-state index contributed by atoms with van der Waals surface area (Å²) in [5.41, 5.74) is 0.177. The summed E-state index contributed by atoms with van der Waals surface area (Å²) in [6.45, 7) is 3.67. The molecule has 1 aromatic carbocycles. The molecule has 21 heavy (non-hydrogen) atoms. The number of ether oxygens (including phenoxy) is 1. The first-order valence-corrected chi connectivity index (χ1v) is 6.77. The molecule has 1 amide bonds. The second kappa shape index (κ2) is 6.10. The van der Waals surface area contributed by atoms with Gasteiger partial charge in [-0.05, 0) is 19.4 Å². The zero-order valence-corrected chi connectivity index (χ0v) is 12.8. The first-order valence-electron chi connectivity index (χ1n) is 6.39. The minimum Gasteiger partial charge on any atom is -0.481 e. The average Bonchev–Trinajstić information content (AvgIpc) is 2.47. The molecule has 0 aliphatic heterocycles. The van der Waals surface area contributed by atoms with Crippen LogP contribution < -0.4 is 10.1 Å². The van der Waals surface area contributed by atoms with Gasteiger partial charge in [0.25, 0.3) is 0 Å². The molecule has 6 heteroatoms. The highest BCUT2D eigenvalue weighted by molar-refractivity contribution is 6.29. The molecule has 0 atom stereocenters. The van der Waals surface area contributed by atoms with E-state index in [0.717, 1.165) is 5.56 Å². The second-order valence-corrected chi connectivity index (χ2v) is 5.39. The molecule has 0 spiro atoms. The molecule has 0 fully saturated rings. The second-order valence-electron chi connectivity index (χ2n) is 5.00. The monoisotopic (exact) mass is 305 g/mol. The van der Waals surface area contributed by atoms with E-state index in [2.05, 4.69) is 15.3 Å². The van der Waals surface area contributed by atoms with E-state index in [9.17, 15) is 4.79 Å². The minimum atomic E-state index is -0.722. The molecule has 0 aliphatic rings. The lowest BCUT2D eigenvalue weighted by Crippen LogP contribution is -2.35. The highest BCUT2D eigenvalue weighted by Crippen LogP contribution is 2.25. The average molecular weight is 306 g/mol. The van der Waals surface area contributed by atoms with E-state index < -0.39 is 5.41 Å². The van der Waals surface area contributed by atoms with Crippen molar-refractivity contribution in [2.75, 3.05) is 12.4 Å². The molecule has 0 bridgehead atoms. The molecular formula is C15H16ClN3O2. The van der Waals surface area contributed by atoms with Crippen molar-refractivity contribution in [2.24, 2.45) is 0 Å². The quantitative estimate of drug-likeness (QED) is 0.882. The number of hydrogen-bond acceptors (Lipinski definition) is 4. The van der Waals surface area contributed by atoms with Crippen LogP contribution in [-0.4, -0.2) is 23.0 Å². The van der Waals surface area contributed by atoms with E-state index >= 15 is 0 Å². The fraction of sp³-hybridized carbons (Fsp3) is 0.267. The lowest BCUT2D eigenvalue weighted by Gasteiger charge is -2.23. The van der Waals surface area contributed by atoms with Crippen LogP contribution in [0.1, 0.15) is 19.4 Å². The highest BCUT2D eigenvalue weighted by Gasteiger charge is 2.30. The zero-order valence-electron chi connectivity index (χ0n) is 12.1. The Morgan fingerprint density at radius 2 is 1.90 bits per heavy atom. The van der Waals surface area contributed by atoms with Gasteiger partial charge in [0.15, 0.2) is 0 Å². The number of aromatic nitrogens is 2. The molecule has 2 rings (SSSR count). The predicted molar refractivity (Wildman–Crippen MR) is 81.7 cm³/mol. The Labute approximate surface area is 128 Å². The number of amides is 1. The lowest BCUT2D eigenvalue weighted by molar-refractivity contribution is -0.120. The van der Waals surface area contributed by atoms with Gasteiger partial charge in [-0.15, -0.1) is 0 Å². The SMILES string of the molecule is COc1cc(Cl)nc(NC(=O)C(C)(C)c2ccccc2)n1. The molecule has 0 saturated heterocycles. The number of anilines is 1. The summed E-state index contributed by atoms with van der Waals surface area (Å²) in [5.74, 6) is 0.189. The molecule has 1 N–H and O–H groups in total. The first-order chi connectivity index (χ1) is 9.93. The summed E-state index contributed by atoms with van der Waals surface area (Å²) in [4.78, 5) is 20.5. The molecule has 1 aromatic heterocycles. The van der Waals surface area contributed by atoms with Crippen LogP contribution in [0, 0.1) is 0 Å². The molecule has 2 aromatic rings. The summed E-state index contributed by atoms with van der Waals surface area (Å²) in [6.07, 6.45) is 0. The van der Waals surface area contributed by atoms with Gasteiger partial charge in [0, 0.05) is 6.07 Å². The van der Waals surface area contributed by atoms with Crippen LogP contribution in [-0.2, 0) is 10.2 Å². The van der Waals surface area contributed by atoms with E-state index in [0.29, 0.717) is 5.88 Å². The van der Waals surface area contributed by atoms with Crippen molar-refractivity contribution in [3.8, 4) is 5.88 Å². The van der Waals surface area contributed by atoms with Crippen LogP contribution in [0.2, 0.25) is 5.15 Å².